The van der Waals surface area contributed by atoms with E-state index in [1.54, 1.807) is 0 Å². The van der Waals surface area contributed by atoms with Crippen molar-refractivity contribution in [3.63, 3.8) is 0 Å². The molecule has 1 aliphatic heterocycles. The summed E-state index contributed by atoms with van der Waals surface area (Å²) < 4.78 is 0. The van der Waals surface area contributed by atoms with E-state index >= 15 is 0 Å². The molecule has 0 bridgehead atoms. The van der Waals surface area contributed by atoms with Crippen LogP contribution in [-0.2, 0) is 16.0 Å². The molecule has 0 unspecified atom stereocenters. The number of hydrogen-bond donors (Lipinski definition) is 1. The third-order valence-corrected chi connectivity index (χ3v) is 4.42. The average Bonchev–Trinajstić information content (AvgIpc) is 2.55. The third kappa shape index (κ3) is 3.11. The summed E-state index contributed by atoms with van der Waals surface area (Å²) in [7, 11) is 0. The highest BCUT2D eigenvalue weighted by Gasteiger charge is 2.25. The van der Waals surface area contributed by atoms with Crippen LogP contribution in [0.25, 0.3) is 10.8 Å². The van der Waals surface area contributed by atoms with Crippen LogP contribution in [0.5, 0.6) is 0 Å². The lowest BCUT2D eigenvalue weighted by Crippen LogP contribution is -2.42. The van der Waals surface area contributed by atoms with E-state index in [1.165, 1.54) is 5.39 Å². The predicted molar refractivity (Wildman–Crippen MR) is 86.2 cm³/mol. The highest BCUT2D eigenvalue weighted by Crippen LogP contribution is 2.19. The number of carbonyl (C=O) groups excluding carboxylic acids is 2. The Kier molecular flexibility index (Phi) is 4.09. The molecule has 2 amide bonds. The monoisotopic (exact) mass is 296 g/mol. The van der Waals surface area contributed by atoms with Crippen molar-refractivity contribution in [3.05, 3.63) is 48.0 Å². The minimum absolute atomic E-state index is 0.0790. The highest BCUT2D eigenvalue weighted by molar-refractivity contribution is 5.85. The number of primary amides is 1. The number of nitrogens with zero attached hydrogens (tertiary/aromatic N) is 1. The van der Waals surface area contributed by atoms with E-state index in [2.05, 4.69) is 24.3 Å². The summed E-state index contributed by atoms with van der Waals surface area (Å²) in [6.07, 6.45) is 1.77. The molecule has 0 aliphatic carbocycles. The van der Waals surface area contributed by atoms with Gasteiger partial charge < -0.3 is 10.6 Å². The minimum atomic E-state index is -0.248. The number of hydrogen-bond acceptors (Lipinski definition) is 2. The molecule has 4 nitrogen and oxygen atoms in total. The maximum atomic E-state index is 12.4. The summed E-state index contributed by atoms with van der Waals surface area (Å²) in [5.74, 6) is -0.204. The molecule has 22 heavy (non-hydrogen) atoms. The van der Waals surface area contributed by atoms with Crippen molar-refractivity contribution in [1.29, 1.82) is 0 Å². The van der Waals surface area contributed by atoms with Crippen LogP contribution < -0.4 is 5.73 Å². The highest BCUT2D eigenvalue weighted by atomic mass is 16.2. The maximum absolute atomic E-state index is 12.4. The Balaban J connectivity index is 1.65. The summed E-state index contributed by atoms with van der Waals surface area (Å²) in [6.45, 7) is 1.25. The third-order valence-electron chi connectivity index (χ3n) is 4.42. The second-order valence-electron chi connectivity index (χ2n) is 5.92. The van der Waals surface area contributed by atoms with Gasteiger partial charge >= 0.3 is 0 Å². The summed E-state index contributed by atoms with van der Waals surface area (Å²) in [5, 5.41) is 2.33. The number of carbonyl (C=O) groups is 2. The van der Waals surface area contributed by atoms with Crippen LogP contribution in [0.2, 0.25) is 0 Å². The summed E-state index contributed by atoms with van der Waals surface area (Å²) in [6, 6.07) is 14.3. The maximum Gasteiger partial charge on any atom is 0.226 e. The van der Waals surface area contributed by atoms with Gasteiger partial charge in [0.05, 0.1) is 6.42 Å². The number of piperidine rings is 1. The first-order chi connectivity index (χ1) is 10.6. The Labute approximate surface area is 129 Å². The van der Waals surface area contributed by atoms with Gasteiger partial charge in [0.25, 0.3) is 0 Å². The smallest absolute Gasteiger partial charge is 0.226 e. The molecule has 2 aromatic carbocycles. The zero-order valence-corrected chi connectivity index (χ0v) is 12.5. The van der Waals surface area contributed by atoms with Crippen molar-refractivity contribution in [2.24, 2.45) is 11.7 Å². The zero-order chi connectivity index (χ0) is 15.5. The van der Waals surface area contributed by atoms with Crippen LogP contribution >= 0.6 is 0 Å². The van der Waals surface area contributed by atoms with Gasteiger partial charge in [0.2, 0.25) is 11.8 Å². The molecule has 1 aliphatic rings. The molecule has 1 fully saturated rings. The van der Waals surface area contributed by atoms with E-state index < -0.39 is 0 Å². The lowest BCUT2D eigenvalue weighted by atomic mass is 9.96. The number of fused-ring (bicyclic) bond motifs is 1. The molecule has 1 heterocycles. The Morgan fingerprint density at radius 2 is 1.73 bits per heavy atom. The molecule has 1 saturated heterocycles. The van der Waals surface area contributed by atoms with Gasteiger partial charge in [-0.3, -0.25) is 9.59 Å². The zero-order valence-electron chi connectivity index (χ0n) is 12.5. The van der Waals surface area contributed by atoms with Crippen LogP contribution in [-0.4, -0.2) is 29.8 Å². The van der Waals surface area contributed by atoms with Gasteiger partial charge in [-0.1, -0.05) is 42.5 Å². The Morgan fingerprint density at radius 1 is 1.05 bits per heavy atom. The topological polar surface area (TPSA) is 63.4 Å². The van der Waals surface area contributed by atoms with Crippen LogP contribution in [0.4, 0.5) is 0 Å². The molecule has 3 rings (SSSR count). The van der Waals surface area contributed by atoms with E-state index in [9.17, 15) is 9.59 Å². The largest absolute Gasteiger partial charge is 0.369 e. The fourth-order valence-corrected chi connectivity index (χ4v) is 3.05. The van der Waals surface area contributed by atoms with Crippen LogP contribution in [0.15, 0.2) is 42.5 Å². The van der Waals surface area contributed by atoms with Gasteiger partial charge in [-0.2, -0.15) is 0 Å². The summed E-state index contributed by atoms with van der Waals surface area (Å²) in [4.78, 5) is 25.4. The van der Waals surface area contributed by atoms with Crippen LogP contribution in [0, 0.1) is 5.92 Å². The first kappa shape index (κ1) is 14.6. The normalized spacial score (nSPS) is 15.9. The number of rotatable bonds is 3. The van der Waals surface area contributed by atoms with Gasteiger partial charge in [0.1, 0.15) is 0 Å². The molecule has 2 aromatic rings. The van der Waals surface area contributed by atoms with Crippen molar-refractivity contribution in [2.45, 2.75) is 19.3 Å². The van der Waals surface area contributed by atoms with E-state index in [1.807, 2.05) is 23.1 Å². The van der Waals surface area contributed by atoms with E-state index in [0.29, 0.717) is 32.4 Å². The fraction of sp³-hybridized carbons (Fsp3) is 0.333. The summed E-state index contributed by atoms with van der Waals surface area (Å²) >= 11 is 0. The number of amides is 2. The Morgan fingerprint density at radius 3 is 2.41 bits per heavy atom. The molecule has 0 radical (unpaired) electrons. The standard InChI is InChI=1S/C18H20N2O2/c19-18(22)15-7-9-20(10-8-15)17(21)12-13-5-6-14-3-1-2-4-16(14)11-13/h1-6,11,15H,7-10,12H2,(H2,19,22). The van der Waals surface area contributed by atoms with Crippen molar-refractivity contribution in [1.82, 2.24) is 4.90 Å². The SMILES string of the molecule is NC(=O)C1CCN(C(=O)Cc2ccc3ccccc3c2)CC1. The first-order valence-electron chi connectivity index (χ1n) is 7.68. The number of benzene rings is 2. The Bertz CT molecular complexity index is 703. The lowest BCUT2D eigenvalue weighted by molar-refractivity contribution is -0.134. The van der Waals surface area contributed by atoms with Gasteiger partial charge in [0.15, 0.2) is 0 Å². The molecule has 0 spiro atoms. The van der Waals surface area contributed by atoms with Gasteiger partial charge in [-0.05, 0) is 29.2 Å². The molecular weight excluding hydrogens is 276 g/mol. The predicted octanol–water partition coefficient (Wildman–Crippen LogP) is 2.11. The van der Waals surface area contributed by atoms with Crippen molar-refractivity contribution < 1.29 is 9.59 Å². The fourth-order valence-electron chi connectivity index (χ4n) is 3.05. The molecule has 0 saturated carbocycles. The van der Waals surface area contributed by atoms with E-state index in [0.717, 1.165) is 10.9 Å². The van der Waals surface area contributed by atoms with Crippen LogP contribution in [0.1, 0.15) is 18.4 Å². The van der Waals surface area contributed by atoms with Gasteiger partial charge in [-0.15, -0.1) is 0 Å². The summed E-state index contributed by atoms with van der Waals surface area (Å²) in [5.41, 5.74) is 6.35. The molecular formula is C18H20N2O2. The van der Waals surface area contributed by atoms with E-state index in [4.69, 9.17) is 5.73 Å². The quantitative estimate of drug-likeness (QED) is 0.943. The molecule has 4 heteroatoms. The first-order valence-corrected chi connectivity index (χ1v) is 7.68. The van der Waals surface area contributed by atoms with Crippen molar-refractivity contribution >= 4 is 22.6 Å². The molecule has 0 atom stereocenters. The van der Waals surface area contributed by atoms with Crippen molar-refractivity contribution in [3.8, 4) is 0 Å². The second-order valence-corrected chi connectivity index (χ2v) is 5.92. The lowest BCUT2D eigenvalue weighted by Gasteiger charge is -2.30. The van der Waals surface area contributed by atoms with Crippen LogP contribution in [0.3, 0.4) is 0 Å². The minimum Gasteiger partial charge on any atom is -0.369 e. The Hall–Kier alpha value is -2.36. The average molecular weight is 296 g/mol. The molecule has 0 aromatic heterocycles. The number of likely N-dealkylation sites (tertiary alicyclic amines) is 1. The van der Waals surface area contributed by atoms with Gasteiger partial charge in [-0.25, -0.2) is 0 Å². The molecule has 2 N–H and O–H groups in total. The van der Waals surface area contributed by atoms with E-state index in [-0.39, 0.29) is 17.7 Å². The second kappa shape index (κ2) is 6.18. The number of nitrogens with two attached hydrogens (primary N) is 1. The molecule has 114 valence electrons. The van der Waals surface area contributed by atoms with Crippen molar-refractivity contribution in [2.75, 3.05) is 13.1 Å². The van der Waals surface area contributed by atoms with Gasteiger partial charge in [0, 0.05) is 19.0 Å².